The van der Waals surface area contributed by atoms with Gasteiger partial charge in [0.25, 0.3) is 0 Å². The van der Waals surface area contributed by atoms with Crippen LogP contribution in [0.2, 0.25) is 0 Å². The standard InChI is InChI=1S/C14H20N2O2/c1-14(11-18-2)10-15-13(17)9-16(14)8-12-6-4-3-5-7-12/h3-7H,8-11H2,1-2H3,(H,15,17)/t14-/m1/s1. The number of carbonyl (C=O) groups is 1. The second-order valence-corrected chi connectivity index (χ2v) is 5.05. The Bertz CT molecular complexity index is 408. The minimum atomic E-state index is -0.140. The molecule has 0 radical (unpaired) electrons. The highest BCUT2D eigenvalue weighted by Gasteiger charge is 2.37. The number of amides is 1. The average molecular weight is 248 g/mol. The highest BCUT2D eigenvalue weighted by Crippen LogP contribution is 2.20. The van der Waals surface area contributed by atoms with Crippen LogP contribution in [0.1, 0.15) is 12.5 Å². The topological polar surface area (TPSA) is 41.6 Å². The van der Waals surface area contributed by atoms with Crippen LogP contribution in [0.3, 0.4) is 0 Å². The summed E-state index contributed by atoms with van der Waals surface area (Å²) in [4.78, 5) is 13.7. The summed E-state index contributed by atoms with van der Waals surface area (Å²) in [6, 6.07) is 10.2. The van der Waals surface area contributed by atoms with E-state index in [0.717, 1.165) is 6.54 Å². The maximum absolute atomic E-state index is 11.6. The molecule has 1 aliphatic rings. The third-order valence-electron chi connectivity index (χ3n) is 3.44. The van der Waals surface area contributed by atoms with Crippen molar-refractivity contribution in [2.75, 3.05) is 26.8 Å². The fourth-order valence-electron chi connectivity index (χ4n) is 2.32. The molecule has 1 N–H and O–H groups in total. The first kappa shape index (κ1) is 13.1. The minimum Gasteiger partial charge on any atom is -0.383 e. The van der Waals surface area contributed by atoms with Crippen molar-refractivity contribution in [2.24, 2.45) is 0 Å². The van der Waals surface area contributed by atoms with Gasteiger partial charge in [-0.1, -0.05) is 30.3 Å². The van der Waals surface area contributed by atoms with Gasteiger partial charge in [0.1, 0.15) is 0 Å². The lowest BCUT2D eigenvalue weighted by Gasteiger charge is -2.44. The number of ether oxygens (including phenoxy) is 1. The van der Waals surface area contributed by atoms with E-state index in [4.69, 9.17) is 4.74 Å². The molecule has 0 bridgehead atoms. The van der Waals surface area contributed by atoms with Crippen LogP contribution in [-0.4, -0.2) is 43.2 Å². The fourth-order valence-corrected chi connectivity index (χ4v) is 2.32. The molecule has 4 nitrogen and oxygen atoms in total. The van der Waals surface area contributed by atoms with Crippen LogP contribution in [0.5, 0.6) is 0 Å². The van der Waals surface area contributed by atoms with E-state index in [1.165, 1.54) is 5.56 Å². The number of carbonyl (C=O) groups excluding carboxylic acids is 1. The summed E-state index contributed by atoms with van der Waals surface area (Å²) in [5.74, 6) is 0.0829. The average Bonchev–Trinajstić information content (AvgIpc) is 2.36. The Labute approximate surface area is 108 Å². The van der Waals surface area contributed by atoms with E-state index in [-0.39, 0.29) is 11.4 Å². The molecule has 1 atom stereocenters. The predicted molar refractivity (Wildman–Crippen MR) is 70.1 cm³/mol. The number of benzene rings is 1. The van der Waals surface area contributed by atoms with Gasteiger partial charge in [-0.2, -0.15) is 0 Å². The van der Waals surface area contributed by atoms with Gasteiger partial charge in [-0.3, -0.25) is 9.69 Å². The van der Waals surface area contributed by atoms with E-state index in [9.17, 15) is 4.79 Å². The summed E-state index contributed by atoms with van der Waals surface area (Å²) in [7, 11) is 1.70. The molecule has 1 amide bonds. The van der Waals surface area contributed by atoms with E-state index in [1.807, 2.05) is 18.2 Å². The quantitative estimate of drug-likeness (QED) is 0.865. The third kappa shape index (κ3) is 2.89. The van der Waals surface area contributed by atoms with E-state index >= 15 is 0 Å². The number of nitrogens with zero attached hydrogens (tertiary/aromatic N) is 1. The summed E-state index contributed by atoms with van der Waals surface area (Å²) < 4.78 is 5.29. The van der Waals surface area contributed by atoms with Crippen LogP contribution in [0.4, 0.5) is 0 Å². The molecule has 0 aliphatic carbocycles. The maximum Gasteiger partial charge on any atom is 0.234 e. The lowest BCUT2D eigenvalue weighted by Crippen LogP contribution is -2.63. The highest BCUT2D eigenvalue weighted by molar-refractivity contribution is 5.79. The van der Waals surface area contributed by atoms with Crippen molar-refractivity contribution >= 4 is 5.91 Å². The minimum absolute atomic E-state index is 0.0829. The first-order chi connectivity index (χ1) is 8.64. The Morgan fingerprint density at radius 1 is 1.39 bits per heavy atom. The normalized spacial score (nSPS) is 24.9. The van der Waals surface area contributed by atoms with Crippen LogP contribution in [-0.2, 0) is 16.1 Å². The number of piperazine rings is 1. The molecule has 0 unspecified atom stereocenters. The number of hydrogen-bond donors (Lipinski definition) is 1. The SMILES string of the molecule is COC[C@@]1(C)CNC(=O)CN1Cc1ccccc1. The maximum atomic E-state index is 11.6. The molecule has 0 saturated carbocycles. The van der Waals surface area contributed by atoms with Gasteiger partial charge in [-0.05, 0) is 12.5 Å². The van der Waals surface area contributed by atoms with Crippen LogP contribution >= 0.6 is 0 Å². The van der Waals surface area contributed by atoms with Gasteiger partial charge in [-0.25, -0.2) is 0 Å². The molecule has 18 heavy (non-hydrogen) atoms. The first-order valence-corrected chi connectivity index (χ1v) is 6.19. The number of hydrogen-bond acceptors (Lipinski definition) is 3. The summed E-state index contributed by atoms with van der Waals surface area (Å²) in [5, 5.41) is 2.91. The molecule has 1 heterocycles. The number of rotatable bonds is 4. The molecule has 1 fully saturated rings. The highest BCUT2D eigenvalue weighted by atomic mass is 16.5. The van der Waals surface area contributed by atoms with E-state index in [1.54, 1.807) is 7.11 Å². The van der Waals surface area contributed by atoms with Crippen molar-refractivity contribution in [3.8, 4) is 0 Å². The molecular weight excluding hydrogens is 228 g/mol. The van der Waals surface area contributed by atoms with Gasteiger partial charge in [0, 0.05) is 20.2 Å². The van der Waals surface area contributed by atoms with Crippen molar-refractivity contribution < 1.29 is 9.53 Å². The Hall–Kier alpha value is -1.39. The van der Waals surface area contributed by atoms with Crippen molar-refractivity contribution in [2.45, 2.75) is 19.0 Å². The van der Waals surface area contributed by atoms with Gasteiger partial charge in [0.05, 0.1) is 18.7 Å². The van der Waals surface area contributed by atoms with E-state index < -0.39 is 0 Å². The Kier molecular flexibility index (Phi) is 3.99. The molecule has 1 aliphatic heterocycles. The fraction of sp³-hybridized carbons (Fsp3) is 0.500. The molecule has 4 heteroatoms. The zero-order valence-electron chi connectivity index (χ0n) is 11.0. The van der Waals surface area contributed by atoms with Gasteiger partial charge in [0.2, 0.25) is 5.91 Å². The first-order valence-electron chi connectivity index (χ1n) is 6.19. The predicted octanol–water partition coefficient (Wildman–Crippen LogP) is 1.02. The second kappa shape index (κ2) is 5.50. The van der Waals surface area contributed by atoms with E-state index in [0.29, 0.717) is 19.7 Å². The molecule has 1 saturated heterocycles. The zero-order chi connectivity index (χ0) is 13.0. The summed E-state index contributed by atoms with van der Waals surface area (Å²) in [6.45, 7) is 4.56. The van der Waals surface area contributed by atoms with Gasteiger partial charge in [-0.15, -0.1) is 0 Å². The molecule has 1 aromatic rings. The van der Waals surface area contributed by atoms with Crippen molar-refractivity contribution in [3.05, 3.63) is 35.9 Å². The smallest absolute Gasteiger partial charge is 0.234 e. The third-order valence-corrected chi connectivity index (χ3v) is 3.44. The van der Waals surface area contributed by atoms with E-state index in [2.05, 4.69) is 29.3 Å². The Balaban J connectivity index is 2.13. The summed E-state index contributed by atoms with van der Waals surface area (Å²) in [6.07, 6.45) is 0. The Morgan fingerprint density at radius 2 is 2.11 bits per heavy atom. The zero-order valence-corrected chi connectivity index (χ0v) is 11.0. The molecule has 2 rings (SSSR count). The van der Waals surface area contributed by atoms with Gasteiger partial charge < -0.3 is 10.1 Å². The van der Waals surface area contributed by atoms with Gasteiger partial charge >= 0.3 is 0 Å². The van der Waals surface area contributed by atoms with Crippen LogP contribution in [0, 0.1) is 0 Å². The monoisotopic (exact) mass is 248 g/mol. The number of methoxy groups -OCH3 is 1. The largest absolute Gasteiger partial charge is 0.383 e. The summed E-state index contributed by atoms with van der Waals surface area (Å²) in [5.41, 5.74) is 1.08. The number of nitrogens with one attached hydrogen (secondary N) is 1. The van der Waals surface area contributed by atoms with Gasteiger partial charge in [0.15, 0.2) is 0 Å². The van der Waals surface area contributed by atoms with Crippen molar-refractivity contribution in [1.82, 2.24) is 10.2 Å². The summed E-state index contributed by atoms with van der Waals surface area (Å²) >= 11 is 0. The lowest BCUT2D eigenvalue weighted by atomic mass is 9.97. The lowest BCUT2D eigenvalue weighted by molar-refractivity contribution is -0.130. The molecule has 0 aromatic heterocycles. The Morgan fingerprint density at radius 3 is 2.78 bits per heavy atom. The van der Waals surface area contributed by atoms with Crippen LogP contribution in [0.25, 0.3) is 0 Å². The van der Waals surface area contributed by atoms with Crippen molar-refractivity contribution in [3.63, 3.8) is 0 Å². The molecular formula is C14H20N2O2. The van der Waals surface area contributed by atoms with Crippen molar-refractivity contribution in [1.29, 1.82) is 0 Å². The molecule has 98 valence electrons. The molecule has 0 spiro atoms. The molecule has 1 aromatic carbocycles. The van der Waals surface area contributed by atoms with Crippen LogP contribution in [0.15, 0.2) is 30.3 Å². The second-order valence-electron chi connectivity index (χ2n) is 5.05. The van der Waals surface area contributed by atoms with Crippen LogP contribution < -0.4 is 5.32 Å².